The van der Waals surface area contributed by atoms with Gasteiger partial charge in [-0.1, -0.05) is 41.5 Å². The monoisotopic (exact) mass is 231 g/mol. The average Bonchev–Trinajstić information content (AvgIpc) is 2.09. The SMILES string of the molecule is CCC(NC(C)CSC(C)(C)C)C(C)C. The quantitative estimate of drug-likeness (QED) is 0.743. The summed E-state index contributed by atoms with van der Waals surface area (Å²) < 4.78 is 0.384. The van der Waals surface area contributed by atoms with E-state index < -0.39 is 0 Å². The van der Waals surface area contributed by atoms with Crippen LogP contribution in [0, 0.1) is 5.92 Å². The van der Waals surface area contributed by atoms with Gasteiger partial charge in [-0.25, -0.2) is 0 Å². The molecule has 0 heterocycles. The standard InChI is InChI=1S/C13H29NS/c1-8-12(10(2)3)14-11(4)9-15-13(5,6)7/h10-12,14H,8-9H2,1-7H3. The molecular formula is C13H29NS. The van der Waals surface area contributed by atoms with Crippen molar-refractivity contribution in [1.82, 2.24) is 5.32 Å². The number of hydrogen-bond donors (Lipinski definition) is 1. The van der Waals surface area contributed by atoms with Crippen LogP contribution in [0.1, 0.15) is 54.9 Å². The van der Waals surface area contributed by atoms with Gasteiger partial charge in [0.25, 0.3) is 0 Å². The minimum atomic E-state index is 0.384. The van der Waals surface area contributed by atoms with E-state index >= 15 is 0 Å². The minimum Gasteiger partial charge on any atom is -0.310 e. The van der Waals surface area contributed by atoms with Gasteiger partial charge in [-0.3, -0.25) is 0 Å². The largest absolute Gasteiger partial charge is 0.310 e. The maximum Gasteiger partial charge on any atom is 0.0132 e. The molecule has 0 amide bonds. The van der Waals surface area contributed by atoms with Crippen LogP contribution >= 0.6 is 11.8 Å². The van der Waals surface area contributed by atoms with Crippen LogP contribution in [0.5, 0.6) is 0 Å². The highest BCUT2D eigenvalue weighted by Crippen LogP contribution is 2.23. The molecule has 2 unspecified atom stereocenters. The van der Waals surface area contributed by atoms with Gasteiger partial charge in [0, 0.05) is 22.6 Å². The number of nitrogens with one attached hydrogen (secondary N) is 1. The van der Waals surface area contributed by atoms with Crippen LogP contribution in [0.3, 0.4) is 0 Å². The third-order valence-corrected chi connectivity index (χ3v) is 4.04. The third-order valence-electron chi connectivity index (χ3n) is 2.51. The Labute approximate surface area is 101 Å². The summed E-state index contributed by atoms with van der Waals surface area (Å²) in [6.45, 7) is 16.0. The maximum atomic E-state index is 3.72. The average molecular weight is 231 g/mol. The molecule has 2 atom stereocenters. The van der Waals surface area contributed by atoms with Crippen molar-refractivity contribution in [1.29, 1.82) is 0 Å². The van der Waals surface area contributed by atoms with E-state index in [0.717, 1.165) is 5.92 Å². The topological polar surface area (TPSA) is 12.0 Å². The number of hydrogen-bond acceptors (Lipinski definition) is 2. The number of thioether (sulfide) groups is 1. The van der Waals surface area contributed by atoms with Gasteiger partial charge in [0.15, 0.2) is 0 Å². The fourth-order valence-electron chi connectivity index (χ4n) is 1.57. The predicted octanol–water partition coefficient (Wildman–Crippen LogP) is 3.93. The van der Waals surface area contributed by atoms with Gasteiger partial charge < -0.3 is 5.32 Å². The van der Waals surface area contributed by atoms with Gasteiger partial charge in [-0.15, -0.1) is 0 Å². The summed E-state index contributed by atoms with van der Waals surface area (Å²) in [5.41, 5.74) is 0. The zero-order valence-electron chi connectivity index (χ0n) is 11.6. The van der Waals surface area contributed by atoms with Crippen molar-refractivity contribution in [2.45, 2.75) is 71.7 Å². The molecule has 92 valence electrons. The van der Waals surface area contributed by atoms with E-state index in [1.165, 1.54) is 12.2 Å². The molecule has 1 nitrogen and oxygen atoms in total. The van der Waals surface area contributed by atoms with Crippen LogP contribution in [0.15, 0.2) is 0 Å². The Morgan fingerprint density at radius 1 is 1.13 bits per heavy atom. The molecule has 1 N–H and O–H groups in total. The second-order valence-corrected chi connectivity index (χ2v) is 7.60. The van der Waals surface area contributed by atoms with Gasteiger partial charge in [0.1, 0.15) is 0 Å². The Balaban J connectivity index is 3.86. The zero-order valence-corrected chi connectivity index (χ0v) is 12.4. The van der Waals surface area contributed by atoms with Crippen molar-refractivity contribution in [3.8, 4) is 0 Å². The van der Waals surface area contributed by atoms with E-state index in [1.54, 1.807) is 0 Å². The van der Waals surface area contributed by atoms with Crippen LogP contribution in [0.2, 0.25) is 0 Å². The molecule has 0 aliphatic heterocycles. The van der Waals surface area contributed by atoms with Crippen LogP contribution < -0.4 is 5.32 Å². The summed E-state index contributed by atoms with van der Waals surface area (Å²) in [4.78, 5) is 0. The molecule has 15 heavy (non-hydrogen) atoms. The van der Waals surface area contributed by atoms with Crippen molar-refractivity contribution >= 4 is 11.8 Å². The predicted molar refractivity (Wildman–Crippen MR) is 73.7 cm³/mol. The van der Waals surface area contributed by atoms with Gasteiger partial charge in [-0.2, -0.15) is 11.8 Å². The first-order valence-electron chi connectivity index (χ1n) is 6.16. The van der Waals surface area contributed by atoms with Crippen LogP contribution in [-0.2, 0) is 0 Å². The van der Waals surface area contributed by atoms with Gasteiger partial charge >= 0.3 is 0 Å². The molecule has 0 fully saturated rings. The summed E-state index contributed by atoms with van der Waals surface area (Å²) in [5, 5.41) is 3.72. The fraction of sp³-hybridized carbons (Fsp3) is 1.00. The summed E-state index contributed by atoms with van der Waals surface area (Å²) in [7, 11) is 0. The van der Waals surface area contributed by atoms with Crippen molar-refractivity contribution in [3.05, 3.63) is 0 Å². The first-order valence-corrected chi connectivity index (χ1v) is 7.14. The number of rotatable bonds is 6. The molecule has 0 aromatic carbocycles. The molecule has 0 saturated heterocycles. The Morgan fingerprint density at radius 2 is 1.67 bits per heavy atom. The highest BCUT2D eigenvalue weighted by atomic mass is 32.2. The van der Waals surface area contributed by atoms with E-state index in [0.29, 0.717) is 16.8 Å². The Morgan fingerprint density at radius 3 is 2.00 bits per heavy atom. The highest BCUT2D eigenvalue weighted by molar-refractivity contribution is 8.00. The van der Waals surface area contributed by atoms with Crippen molar-refractivity contribution in [3.63, 3.8) is 0 Å². The van der Waals surface area contributed by atoms with Crippen LogP contribution in [-0.4, -0.2) is 22.6 Å². The lowest BCUT2D eigenvalue weighted by molar-refractivity contribution is 0.364. The van der Waals surface area contributed by atoms with Gasteiger partial charge in [0.2, 0.25) is 0 Å². The van der Waals surface area contributed by atoms with Crippen LogP contribution in [0.4, 0.5) is 0 Å². The second-order valence-electron chi connectivity index (χ2n) is 5.75. The first-order chi connectivity index (χ1) is 6.76. The molecule has 0 bridgehead atoms. The molecule has 0 spiro atoms. The van der Waals surface area contributed by atoms with E-state index in [4.69, 9.17) is 0 Å². The molecule has 0 aliphatic carbocycles. The van der Waals surface area contributed by atoms with E-state index in [-0.39, 0.29) is 0 Å². The fourth-order valence-corrected chi connectivity index (χ4v) is 2.42. The van der Waals surface area contributed by atoms with Crippen molar-refractivity contribution < 1.29 is 0 Å². The molecule has 0 rings (SSSR count). The van der Waals surface area contributed by atoms with Crippen molar-refractivity contribution in [2.75, 3.05) is 5.75 Å². The zero-order chi connectivity index (χ0) is 12.1. The van der Waals surface area contributed by atoms with Crippen molar-refractivity contribution in [2.24, 2.45) is 5.92 Å². The van der Waals surface area contributed by atoms with E-state index in [9.17, 15) is 0 Å². The molecular weight excluding hydrogens is 202 g/mol. The van der Waals surface area contributed by atoms with Gasteiger partial charge in [0.05, 0.1) is 0 Å². The smallest absolute Gasteiger partial charge is 0.0132 e. The summed E-state index contributed by atoms with van der Waals surface area (Å²) in [5.74, 6) is 1.93. The van der Waals surface area contributed by atoms with Crippen LogP contribution in [0.25, 0.3) is 0 Å². The van der Waals surface area contributed by atoms with E-state index in [2.05, 4.69) is 53.8 Å². The van der Waals surface area contributed by atoms with E-state index in [1.807, 2.05) is 11.8 Å². The first kappa shape index (κ1) is 15.3. The lowest BCUT2D eigenvalue weighted by Gasteiger charge is -2.27. The summed E-state index contributed by atoms with van der Waals surface area (Å²) >= 11 is 2.04. The second kappa shape index (κ2) is 6.80. The third kappa shape index (κ3) is 8.15. The molecule has 0 saturated carbocycles. The van der Waals surface area contributed by atoms with Gasteiger partial charge in [-0.05, 0) is 19.3 Å². The Kier molecular flexibility index (Phi) is 6.94. The minimum absolute atomic E-state index is 0.384. The summed E-state index contributed by atoms with van der Waals surface area (Å²) in [6.07, 6.45) is 1.22. The lowest BCUT2D eigenvalue weighted by Crippen LogP contribution is -2.41. The molecule has 0 aliphatic rings. The summed E-state index contributed by atoms with van der Waals surface area (Å²) in [6, 6.07) is 1.28. The maximum absolute atomic E-state index is 3.72. The molecule has 0 radical (unpaired) electrons. The lowest BCUT2D eigenvalue weighted by atomic mass is 10.0. The highest BCUT2D eigenvalue weighted by Gasteiger charge is 2.16. The molecule has 0 aromatic rings. The molecule has 2 heteroatoms. The Bertz CT molecular complexity index is 160. The Hall–Kier alpha value is 0.310. The normalized spacial score (nSPS) is 16.8. The molecule has 0 aromatic heterocycles.